The number of Topliss-reactive ketones (excluding diaryl/α,β-unsaturated/α-hetero) is 1. The number of benzene rings is 4. The van der Waals surface area contributed by atoms with Gasteiger partial charge in [0.25, 0.3) is 0 Å². The normalized spacial score (nSPS) is 20.4. The van der Waals surface area contributed by atoms with Crippen LogP contribution in [0.2, 0.25) is 0 Å². The Bertz CT molecular complexity index is 1530. The van der Waals surface area contributed by atoms with Crippen LogP contribution in [0.4, 0.5) is 0 Å². The highest BCUT2D eigenvalue weighted by Crippen LogP contribution is 2.33. The molecule has 0 saturated carbocycles. The topological polar surface area (TPSA) is 63.2 Å². The van der Waals surface area contributed by atoms with Crippen molar-refractivity contribution < 1.29 is 28.5 Å². The van der Waals surface area contributed by atoms with Crippen LogP contribution in [0.1, 0.15) is 55.9 Å². The second-order valence-corrected chi connectivity index (χ2v) is 13.2. The molecular formula is C42H48O6. The lowest BCUT2D eigenvalue weighted by Gasteiger charge is -2.43. The lowest BCUT2D eigenvalue weighted by atomic mass is 9.88. The molecule has 6 nitrogen and oxygen atoms in total. The predicted octanol–water partition coefficient (Wildman–Crippen LogP) is 8.64. The first-order valence-corrected chi connectivity index (χ1v) is 16.8. The zero-order chi connectivity index (χ0) is 33.6. The zero-order valence-electron chi connectivity index (χ0n) is 28.3. The summed E-state index contributed by atoms with van der Waals surface area (Å²) in [4.78, 5) is 12.9. The Labute approximate surface area is 285 Å². The number of ketones is 1. The summed E-state index contributed by atoms with van der Waals surface area (Å²) < 4.78 is 33.2. The first-order chi connectivity index (χ1) is 23.4. The van der Waals surface area contributed by atoms with Gasteiger partial charge in [0.05, 0.1) is 33.0 Å². The summed E-state index contributed by atoms with van der Waals surface area (Å²) in [7, 11) is 0. The average Bonchev–Trinajstić information content (AvgIpc) is 3.11. The third-order valence-corrected chi connectivity index (χ3v) is 8.35. The molecule has 0 aliphatic carbocycles. The van der Waals surface area contributed by atoms with Gasteiger partial charge in [-0.2, -0.15) is 0 Å². The molecule has 0 radical (unpaired) electrons. The van der Waals surface area contributed by atoms with E-state index in [9.17, 15) is 4.79 Å². The van der Waals surface area contributed by atoms with Crippen LogP contribution in [0, 0.1) is 5.41 Å². The minimum Gasteiger partial charge on any atom is -0.487 e. The lowest BCUT2D eigenvalue weighted by molar-refractivity contribution is -0.223. The van der Waals surface area contributed by atoms with Crippen molar-refractivity contribution in [1.82, 2.24) is 0 Å². The van der Waals surface area contributed by atoms with Crippen LogP contribution in [-0.2, 0) is 54.9 Å². The van der Waals surface area contributed by atoms with Gasteiger partial charge in [-0.1, -0.05) is 142 Å². The molecule has 48 heavy (non-hydrogen) atoms. The van der Waals surface area contributed by atoms with E-state index in [1.54, 1.807) is 0 Å². The largest absolute Gasteiger partial charge is 0.487 e. The molecular weight excluding hydrogens is 600 g/mol. The summed E-state index contributed by atoms with van der Waals surface area (Å²) in [5.41, 5.74) is 3.79. The van der Waals surface area contributed by atoms with Crippen molar-refractivity contribution >= 4 is 5.78 Å². The summed E-state index contributed by atoms with van der Waals surface area (Å²) >= 11 is 0. The second kappa shape index (κ2) is 17.9. The van der Waals surface area contributed by atoms with E-state index >= 15 is 0 Å². The molecule has 1 aliphatic rings. The monoisotopic (exact) mass is 648 g/mol. The average molecular weight is 649 g/mol. The van der Waals surface area contributed by atoms with E-state index in [2.05, 4.69) is 0 Å². The molecule has 0 bridgehead atoms. The second-order valence-electron chi connectivity index (χ2n) is 13.2. The number of rotatable bonds is 16. The van der Waals surface area contributed by atoms with Crippen molar-refractivity contribution in [2.24, 2.45) is 5.41 Å². The van der Waals surface area contributed by atoms with E-state index in [1.165, 1.54) is 0 Å². The van der Waals surface area contributed by atoms with Crippen molar-refractivity contribution in [1.29, 1.82) is 0 Å². The standard InChI is InChI=1S/C42H48O6/c1-42(2,3)38(43)26-16-25-36-39(45-28-33-19-10-5-11-20-33)41(47-30-35-23-14-7-15-24-35)40(46-29-34-21-12-6-13-22-34)37(48-36)31-44-27-32-17-8-4-9-18-32/h4-15,17-25,37,39-41H,16,26-31H2,1-3H3/b36-25-/t37?,39?,40-,41?/m1/s1. The van der Waals surface area contributed by atoms with Gasteiger partial charge in [-0.05, 0) is 34.8 Å². The summed E-state index contributed by atoms with van der Waals surface area (Å²) in [6.07, 6.45) is 0.815. The van der Waals surface area contributed by atoms with Gasteiger partial charge >= 0.3 is 0 Å². The third kappa shape index (κ3) is 10.7. The molecule has 1 aliphatic heterocycles. The maximum absolute atomic E-state index is 12.9. The highest BCUT2D eigenvalue weighted by atomic mass is 16.6. The van der Waals surface area contributed by atoms with Crippen LogP contribution in [0.5, 0.6) is 0 Å². The minimum atomic E-state index is -0.579. The van der Waals surface area contributed by atoms with E-state index in [-0.39, 0.29) is 12.4 Å². The highest BCUT2D eigenvalue weighted by molar-refractivity contribution is 5.83. The fourth-order valence-corrected chi connectivity index (χ4v) is 5.59. The lowest BCUT2D eigenvalue weighted by Crippen LogP contribution is -2.56. The van der Waals surface area contributed by atoms with Crippen molar-refractivity contribution in [2.45, 2.75) is 84.5 Å². The fraction of sp³-hybridized carbons (Fsp3) is 0.357. The number of allylic oxidation sites excluding steroid dienone is 1. The molecule has 5 rings (SSSR count). The summed E-state index contributed by atoms with van der Waals surface area (Å²) in [6.45, 7) is 7.68. The van der Waals surface area contributed by atoms with Crippen LogP contribution in [-0.4, -0.2) is 36.8 Å². The van der Waals surface area contributed by atoms with E-state index < -0.39 is 29.8 Å². The third-order valence-electron chi connectivity index (χ3n) is 8.35. The molecule has 1 fully saturated rings. The Kier molecular flexibility index (Phi) is 13.1. The number of carbonyl (C=O) groups excluding carboxylic acids is 1. The number of hydrogen-bond donors (Lipinski definition) is 0. The molecule has 0 N–H and O–H groups in total. The van der Waals surface area contributed by atoms with Crippen LogP contribution < -0.4 is 0 Å². The smallest absolute Gasteiger partial charge is 0.150 e. The number of carbonyl (C=O) groups is 1. The Morgan fingerprint density at radius 3 is 1.54 bits per heavy atom. The van der Waals surface area contributed by atoms with Crippen molar-refractivity contribution in [3.05, 3.63) is 155 Å². The van der Waals surface area contributed by atoms with E-state index in [0.29, 0.717) is 45.0 Å². The van der Waals surface area contributed by atoms with Gasteiger partial charge in [-0.15, -0.1) is 0 Å². The quantitative estimate of drug-likeness (QED) is 0.121. The maximum atomic E-state index is 12.9. The van der Waals surface area contributed by atoms with Gasteiger partial charge in [0, 0.05) is 11.8 Å². The summed E-state index contributed by atoms with van der Waals surface area (Å²) in [5.74, 6) is 0.833. The van der Waals surface area contributed by atoms with Crippen LogP contribution in [0.15, 0.2) is 133 Å². The number of ether oxygens (including phenoxy) is 5. The molecule has 0 spiro atoms. The Balaban J connectivity index is 1.46. The van der Waals surface area contributed by atoms with Gasteiger partial charge in [0.1, 0.15) is 29.9 Å². The van der Waals surface area contributed by atoms with Gasteiger partial charge in [-0.3, -0.25) is 4.79 Å². The summed E-state index contributed by atoms with van der Waals surface area (Å²) in [5, 5.41) is 0. The van der Waals surface area contributed by atoms with Crippen LogP contribution in [0.25, 0.3) is 0 Å². The molecule has 4 atom stereocenters. The summed E-state index contributed by atoms with van der Waals surface area (Å²) in [6, 6.07) is 40.4. The van der Waals surface area contributed by atoms with Gasteiger partial charge in [0.2, 0.25) is 0 Å². The predicted molar refractivity (Wildman–Crippen MR) is 188 cm³/mol. The maximum Gasteiger partial charge on any atom is 0.150 e. The molecule has 4 aromatic rings. The zero-order valence-corrected chi connectivity index (χ0v) is 28.3. The van der Waals surface area contributed by atoms with E-state index in [1.807, 2.05) is 148 Å². The first-order valence-electron chi connectivity index (χ1n) is 16.8. The van der Waals surface area contributed by atoms with Crippen molar-refractivity contribution in [3.8, 4) is 0 Å². The van der Waals surface area contributed by atoms with Gasteiger partial charge < -0.3 is 23.7 Å². The van der Waals surface area contributed by atoms with Crippen LogP contribution >= 0.6 is 0 Å². The number of hydrogen-bond acceptors (Lipinski definition) is 6. The minimum absolute atomic E-state index is 0.195. The van der Waals surface area contributed by atoms with Crippen LogP contribution in [0.3, 0.4) is 0 Å². The molecule has 0 aromatic heterocycles. The van der Waals surface area contributed by atoms with E-state index in [0.717, 1.165) is 22.3 Å². The SMILES string of the molecule is CC(C)(C)C(=O)CC/C=C1\OC(COCc2ccccc2)[C@@H](OCc2ccccc2)C(OCc2ccccc2)C1OCc1ccccc1. The molecule has 1 heterocycles. The fourth-order valence-electron chi connectivity index (χ4n) is 5.59. The van der Waals surface area contributed by atoms with E-state index in [4.69, 9.17) is 23.7 Å². The Morgan fingerprint density at radius 2 is 1.06 bits per heavy atom. The molecule has 6 heteroatoms. The molecule has 4 aromatic carbocycles. The molecule has 1 saturated heterocycles. The molecule has 0 amide bonds. The Morgan fingerprint density at radius 1 is 0.625 bits per heavy atom. The first kappa shape index (κ1) is 35.2. The molecule has 252 valence electrons. The van der Waals surface area contributed by atoms with Gasteiger partial charge in [0.15, 0.2) is 6.10 Å². The Hall–Kier alpha value is -4.07. The van der Waals surface area contributed by atoms with Gasteiger partial charge in [-0.25, -0.2) is 0 Å². The van der Waals surface area contributed by atoms with Crippen molar-refractivity contribution in [2.75, 3.05) is 6.61 Å². The highest BCUT2D eigenvalue weighted by Gasteiger charge is 2.46. The van der Waals surface area contributed by atoms with Crippen molar-refractivity contribution in [3.63, 3.8) is 0 Å². The molecule has 3 unspecified atom stereocenters.